The molecule has 2 aromatic carbocycles. The molecule has 2 fully saturated rings. The standard InChI is InChI=1S/C28H27NO10/c1-37-18-7-5-14(23(38-2)24(18)39-3)13-4-6-16(30)20-15(13)9-11-8-12-10-17(31)21(27(29)35)26(34)28(12,36)25(33)19(11)22(20)32/h4-7,11-12,19,21,30,36H,8-10H2,1-3H3,(H2,29,35)/t11-,12+,19?,21?,28+/m1/s1. The second-order valence-corrected chi connectivity index (χ2v) is 10.1. The quantitative estimate of drug-likeness (QED) is 0.466. The second-order valence-electron chi connectivity index (χ2n) is 10.1. The van der Waals surface area contributed by atoms with Crippen molar-refractivity contribution in [2.45, 2.75) is 24.9 Å². The van der Waals surface area contributed by atoms with Gasteiger partial charge in [0.1, 0.15) is 5.75 Å². The number of hydrogen-bond acceptors (Lipinski definition) is 10. The van der Waals surface area contributed by atoms with E-state index in [0.717, 1.165) is 0 Å². The number of carbonyl (C=O) groups is 5. The minimum Gasteiger partial charge on any atom is -0.507 e. The zero-order chi connectivity index (χ0) is 28.4. The fourth-order valence-corrected chi connectivity index (χ4v) is 6.53. The van der Waals surface area contributed by atoms with Crippen molar-refractivity contribution in [2.24, 2.45) is 29.4 Å². The number of hydrogen-bond donors (Lipinski definition) is 3. The van der Waals surface area contributed by atoms with Gasteiger partial charge < -0.3 is 30.2 Å². The van der Waals surface area contributed by atoms with Gasteiger partial charge in [-0.3, -0.25) is 24.0 Å². The first-order valence-corrected chi connectivity index (χ1v) is 12.3. The number of fused-ring (bicyclic) bond motifs is 3. The SMILES string of the molecule is COc1ccc(-c2ccc(O)c3c2C[C@H]2C[C@H]4CC(=O)C(C(N)=O)C(=O)[C@@]4(O)C(=O)C2C3=O)c(OC)c1OC. The number of benzene rings is 2. The van der Waals surface area contributed by atoms with Crippen LogP contribution >= 0.6 is 0 Å². The summed E-state index contributed by atoms with van der Waals surface area (Å²) < 4.78 is 16.5. The first kappa shape index (κ1) is 26.4. The van der Waals surface area contributed by atoms with Crippen molar-refractivity contribution >= 4 is 29.0 Å². The number of rotatable bonds is 5. The molecule has 39 heavy (non-hydrogen) atoms. The maximum absolute atomic E-state index is 13.8. The minimum absolute atomic E-state index is 0.000780. The first-order chi connectivity index (χ1) is 18.5. The summed E-state index contributed by atoms with van der Waals surface area (Å²) in [4.78, 5) is 64.9. The van der Waals surface area contributed by atoms with Crippen LogP contribution in [0.3, 0.4) is 0 Å². The smallest absolute Gasteiger partial charge is 0.235 e. The van der Waals surface area contributed by atoms with E-state index in [4.69, 9.17) is 19.9 Å². The lowest BCUT2D eigenvalue weighted by Crippen LogP contribution is -2.68. The molecule has 3 aliphatic carbocycles. The average molecular weight is 538 g/mol. The van der Waals surface area contributed by atoms with Crippen molar-refractivity contribution < 1.29 is 48.4 Å². The van der Waals surface area contributed by atoms with Crippen molar-refractivity contribution in [2.75, 3.05) is 21.3 Å². The third-order valence-electron chi connectivity index (χ3n) is 8.28. The second kappa shape index (κ2) is 9.19. The summed E-state index contributed by atoms with van der Waals surface area (Å²) in [5.74, 6) is -9.59. The van der Waals surface area contributed by atoms with Crippen molar-refractivity contribution in [3.8, 4) is 34.1 Å². The van der Waals surface area contributed by atoms with Crippen LogP contribution in [0.1, 0.15) is 28.8 Å². The fraction of sp³-hybridized carbons (Fsp3) is 0.393. The number of aromatic hydroxyl groups is 1. The Morgan fingerprint density at radius 3 is 2.21 bits per heavy atom. The van der Waals surface area contributed by atoms with E-state index in [1.165, 1.54) is 27.4 Å². The molecule has 0 aliphatic heterocycles. The van der Waals surface area contributed by atoms with Crippen LogP contribution in [0.25, 0.3) is 11.1 Å². The van der Waals surface area contributed by atoms with Crippen molar-refractivity contribution in [1.29, 1.82) is 0 Å². The van der Waals surface area contributed by atoms with Crippen LogP contribution < -0.4 is 19.9 Å². The number of methoxy groups -OCH3 is 3. The topological polar surface area (TPSA) is 180 Å². The largest absolute Gasteiger partial charge is 0.507 e. The Bertz CT molecular complexity index is 1460. The zero-order valence-electron chi connectivity index (χ0n) is 21.5. The lowest BCUT2D eigenvalue weighted by Gasteiger charge is -2.48. The molecule has 5 atom stereocenters. The molecule has 4 N–H and O–H groups in total. The molecule has 11 heteroatoms. The number of phenols is 1. The Hall–Kier alpha value is -4.25. The molecular weight excluding hydrogens is 510 g/mol. The van der Waals surface area contributed by atoms with E-state index in [-0.39, 0.29) is 24.2 Å². The highest BCUT2D eigenvalue weighted by Gasteiger charge is 2.66. The molecular formula is C28H27NO10. The Morgan fingerprint density at radius 2 is 1.59 bits per heavy atom. The van der Waals surface area contributed by atoms with Crippen molar-refractivity contribution in [1.82, 2.24) is 0 Å². The number of Topliss-reactive ketones (excluding diaryl/α,β-unsaturated/α-hetero) is 4. The van der Waals surface area contributed by atoms with Crippen LogP contribution in [0.4, 0.5) is 0 Å². The summed E-state index contributed by atoms with van der Waals surface area (Å²) in [5, 5.41) is 22.1. The zero-order valence-corrected chi connectivity index (χ0v) is 21.5. The van der Waals surface area contributed by atoms with Gasteiger partial charge in [-0.1, -0.05) is 6.07 Å². The molecule has 204 valence electrons. The molecule has 0 saturated heterocycles. The van der Waals surface area contributed by atoms with Crippen LogP contribution in [-0.4, -0.2) is 66.2 Å². The first-order valence-electron chi connectivity index (χ1n) is 12.3. The maximum atomic E-state index is 13.8. The average Bonchev–Trinajstić information content (AvgIpc) is 2.89. The fourth-order valence-electron chi connectivity index (χ4n) is 6.53. The van der Waals surface area contributed by atoms with E-state index in [0.29, 0.717) is 33.9 Å². The van der Waals surface area contributed by atoms with E-state index < -0.39 is 64.7 Å². The van der Waals surface area contributed by atoms with E-state index in [9.17, 15) is 34.2 Å². The highest BCUT2D eigenvalue weighted by molar-refractivity contribution is 6.31. The normalized spacial score (nSPS) is 27.8. The van der Waals surface area contributed by atoms with Gasteiger partial charge in [0.25, 0.3) is 0 Å². The number of nitrogens with two attached hydrogens (primary N) is 1. The van der Waals surface area contributed by atoms with Gasteiger partial charge in [-0.25, -0.2) is 0 Å². The monoisotopic (exact) mass is 537 g/mol. The molecule has 0 spiro atoms. The lowest BCUT2D eigenvalue weighted by molar-refractivity contribution is -0.175. The van der Waals surface area contributed by atoms with E-state index in [1.807, 2.05) is 0 Å². The highest BCUT2D eigenvalue weighted by atomic mass is 16.5. The van der Waals surface area contributed by atoms with Gasteiger partial charge >= 0.3 is 0 Å². The number of amides is 1. The van der Waals surface area contributed by atoms with E-state index in [2.05, 4.69) is 0 Å². The Balaban J connectivity index is 1.65. The molecule has 0 radical (unpaired) electrons. The number of phenolic OH excluding ortho intramolecular Hbond substituents is 1. The number of primary amides is 1. The van der Waals surface area contributed by atoms with Gasteiger partial charge in [-0.15, -0.1) is 0 Å². The molecule has 2 saturated carbocycles. The highest BCUT2D eigenvalue weighted by Crippen LogP contribution is 2.52. The molecule has 1 amide bonds. The molecule has 5 rings (SSSR count). The summed E-state index contributed by atoms with van der Waals surface area (Å²) in [6.45, 7) is 0. The van der Waals surface area contributed by atoms with E-state index >= 15 is 0 Å². The Labute approximate surface area is 222 Å². The van der Waals surface area contributed by atoms with Crippen LogP contribution in [0.2, 0.25) is 0 Å². The van der Waals surface area contributed by atoms with Crippen LogP contribution in [0, 0.1) is 23.7 Å². The molecule has 11 nitrogen and oxygen atoms in total. The third-order valence-corrected chi connectivity index (χ3v) is 8.28. The van der Waals surface area contributed by atoms with Gasteiger partial charge in [0.05, 0.1) is 32.8 Å². The lowest BCUT2D eigenvalue weighted by atomic mass is 9.53. The summed E-state index contributed by atoms with van der Waals surface area (Å²) in [6, 6.07) is 6.33. The summed E-state index contributed by atoms with van der Waals surface area (Å²) >= 11 is 0. The number of ketones is 4. The molecule has 0 heterocycles. The number of ether oxygens (including phenoxy) is 3. The van der Waals surface area contributed by atoms with E-state index in [1.54, 1.807) is 18.2 Å². The Morgan fingerprint density at radius 1 is 0.923 bits per heavy atom. The molecule has 3 aliphatic rings. The van der Waals surface area contributed by atoms with Crippen LogP contribution in [-0.2, 0) is 25.6 Å². The molecule has 0 aromatic heterocycles. The number of carbonyl (C=O) groups excluding carboxylic acids is 5. The van der Waals surface area contributed by atoms with Crippen LogP contribution in [0.5, 0.6) is 23.0 Å². The predicted octanol–water partition coefficient (Wildman–Crippen LogP) is 1.02. The summed E-state index contributed by atoms with van der Waals surface area (Å²) in [6.07, 6.45) is -0.269. The minimum atomic E-state index is -2.69. The molecule has 0 bridgehead atoms. The van der Waals surface area contributed by atoms with Gasteiger partial charge in [-0.05, 0) is 48.1 Å². The molecule has 2 unspecified atom stereocenters. The Kier molecular flexibility index (Phi) is 6.21. The van der Waals surface area contributed by atoms with Crippen LogP contribution in [0.15, 0.2) is 24.3 Å². The molecule has 2 aromatic rings. The maximum Gasteiger partial charge on any atom is 0.235 e. The van der Waals surface area contributed by atoms with Crippen molar-refractivity contribution in [3.63, 3.8) is 0 Å². The third kappa shape index (κ3) is 3.56. The summed E-state index contributed by atoms with van der Waals surface area (Å²) in [5.41, 5.74) is 3.97. The number of aliphatic hydroxyl groups is 1. The van der Waals surface area contributed by atoms with Gasteiger partial charge in [-0.2, -0.15) is 0 Å². The van der Waals surface area contributed by atoms with Gasteiger partial charge in [0.2, 0.25) is 11.7 Å². The van der Waals surface area contributed by atoms with Crippen molar-refractivity contribution in [3.05, 3.63) is 35.4 Å². The van der Waals surface area contributed by atoms with Gasteiger partial charge in [0, 0.05) is 17.9 Å². The van der Waals surface area contributed by atoms with Gasteiger partial charge in [0.15, 0.2) is 46.2 Å². The predicted molar refractivity (Wildman–Crippen MR) is 134 cm³/mol. The summed E-state index contributed by atoms with van der Waals surface area (Å²) in [7, 11) is 4.38.